The van der Waals surface area contributed by atoms with E-state index in [0.717, 1.165) is 12.1 Å². The van der Waals surface area contributed by atoms with Crippen molar-refractivity contribution in [1.29, 1.82) is 5.26 Å². The zero-order valence-corrected chi connectivity index (χ0v) is 9.06. The number of carbonyl (C=O) groups is 2. The molecule has 6 heteroatoms. The maximum atomic E-state index is 11.5. The van der Waals surface area contributed by atoms with E-state index in [0.29, 0.717) is 0 Å². The lowest BCUT2D eigenvalue weighted by Gasteiger charge is -2.07. The number of carboxylic acids is 1. The predicted molar refractivity (Wildman–Crippen MR) is 58.5 cm³/mol. The van der Waals surface area contributed by atoms with Gasteiger partial charge in [-0.2, -0.15) is 5.26 Å². The standard InChI is InChI=1S/C11H10N2O4/c1-2-17-11(16)8-3-6(5-12)7(10(14)15)4-9(8)13/h3-4H,2,13H2,1H3,(H,14,15). The van der Waals surface area contributed by atoms with E-state index in [2.05, 4.69) is 0 Å². The van der Waals surface area contributed by atoms with E-state index in [-0.39, 0.29) is 29.0 Å². The third-order valence-corrected chi connectivity index (χ3v) is 2.04. The number of ether oxygens (including phenoxy) is 1. The van der Waals surface area contributed by atoms with Gasteiger partial charge in [0.05, 0.1) is 23.3 Å². The molecule has 1 rings (SSSR count). The van der Waals surface area contributed by atoms with Crippen molar-refractivity contribution in [1.82, 2.24) is 0 Å². The average Bonchev–Trinajstić information content (AvgIpc) is 2.28. The van der Waals surface area contributed by atoms with Crippen molar-refractivity contribution in [3.8, 4) is 6.07 Å². The summed E-state index contributed by atoms with van der Waals surface area (Å²) in [5.74, 6) is -1.96. The van der Waals surface area contributed by atoms with Gasteiger partial charge in [-0.15, -0.1) is 0 Å². The van der Waals surface area contributed by atoms with Gasteiger partial charge in [0.1, 0.15) is 6.07 Å². The minimum atomic E-state index is -1.27. The second kappa shape index (κ2) is 4.99. The lowest BCUT2D eigenvalue weighted by atomic mass is 10.0. The van der Waals surface area contributed by atoms with Gasteiger partial charge in [0.15, 0.2) is 0 Å². The van der Waals surface area contributed by atoms with Gasteiger partial charge in [-0.05, 0) is 19.1 Å². The van der Waals surface area contributed by atoms with Crippen LogP contribution in [0.15, 0.2) is 12.1 Å². The minimum absolute atomic E-state index is 0.00611. The number of aromatic carboxylic acids is 1. The summed E-state index contributed by atoms with van der Waals surface area (Å²) in [6.07, 6.45) is 0. The number of anilines is 1. The Morgan fingerprint density at radius 3 is 2.59 bits per heavy atom. The van der Waals surface area contributed by atoms with Crippen LogP contribution in [0.3, 0.4) is 0 Å². The molecule has 0 spiro atoms. The van der Waals surface area contributed by atoms with E-state index in [1.165, 1.54) is 0 Å². The topological polar surface area (TPSA) is 113 Å². The number of esters is 1. The van der Waals surface area contributed by atoms with Gasteiger partial charge in [0, 0.05) is 5.69 Å². The quantitative estimate of drug-likeness (QED) is 0.596. The normalized spacial score (nSPS) is 9.41. The van der Waals surface area contributed by atoms with Crippen LogP contribution in [0.25, 0.3) is 0 Å². The number of nitrogens with two attached hydrogens (primary N) is 1. The highest BCUT2D eigenvalue weighted by Gasteiger charge is 2.18. The lowest BCUT2D eigenvalue weighted by molar-refractivity contribution is 0.0526. The SMILES string of the molecule is CCOC(=O)c1cc(C#N)c(C(=O)O)cc1N. The summed E-state index contributed by atoms with van der Waals surface area (Å²) in [6.45, 7) is 1.80. The first kappa shape index (κ1) is 12.5. The van der Waals surface area contributed by atoms with Gasteiger partial charge >= 0.3 is 11.9 Å². The first-order valence-electron chi connectivity index (χ1n) is 4.75. The molecule has 0 saturated carbocycles. The minimum Gasteiger partial charge on any atom is -0.478 e. The van der Waals surface area contributed by atoms with E-state index < -0.39 is 11.9 Å². The number of rotatable bonds is 3. The molecule has 0 radical (unpaired) electrons. The Morgan fingerprint density at radius 1 is 1.47 bits per heavy atom. The van der Waals surface area contributed by atoms with E-state index in [1.54, 1.807) is 13.0 Å². The molecule has 0 atom stereocenters. The molecule has 17 heavy (non-hydrogen) atoms. The van der Waals surface area contributed by atoms with Crippen LogP contribution >= 0.6 is 0 Å². The Morgan fingerprint density at radius 2 is 2.12 bits per heavy atom. The third kappa shape index (κ3) is 2.52. The molecule has 0 bridgehead atoms. The highest BCUT2D eigenvalue weighted by molar-refractivity contribution is 5.99. The molecule has 0 aliphatic carbocycles. The Hall–Kier alpha value is -2.55. The van der Waals surface area contributed by atoms with Crippen LogP contribution in [0.1, 0.15) is 33.2 Å². The molecular formula is C11H10N2O4. The smallest absolute Gasteiger partial charge is 0.340 e. The molecule has 0 aromatic heterocycles. The maximum Gasteiger partial charge on any atom is 0.340 e. The van der Waals surface area contributed by atoms with Crippen molar-refractivity contribution < 1.29 is 19.4 Å². The van der Waals surface area contributed by atoms with Crippen LogP contribution in [0.4, 0.5) is 5.69 Å². The van der Waals surface area contributed by atoms with E-state index in [1.807, 2.05) is 0 Å². The Bertz CT molecular complexity index is 517. The molecule has 0 aliphatic rings. The highest BCUT2D eigenvalue weighted by Crippen LogP contribution is 2.19. The molecular weight excluding hydrogens is 224 g/mol. The first-order valence-corrected chi connectivity index (χ1v) is 4.75. The van der Waals surface area contributed by atoms with Crippen LogP contribution in [0.2, 0.25) is 0 Å². The number of benzene rings is 1. The molecule has 1 aromatic carbocycles. The van der Waals surface area contributed by atoms with E-state index >= 15 is 0 Å². The summed E-state index contributed by atoms with van der Waals surface area (Å²) in [6, 6.07) is 3.90. The van der Waals surface area contributed by atoms with E-state index in [9.17, 15) is 9.59 Å². The van der Waals surface area contributed by atoms with Crippen LogP contribution in [-0.4, -0.2) is 23.7 Å². The number of carboxylic acid groups (broad SMARTS) is 1. The Balaban J connectivity index is 3.33. The van der Waals surface area contributed by atoms with Crippen molar-refractivity contribution in [2.45, 2.75) is 6.92 Å². The summed E-state index contributed by atoms with van der Waals surface area (Å²) in [7, 11) is 0. The Labute approximate surface area is 97.2 Å². The zero-order chi connectivity index (χ0) is 13.0. The Kier molecular flexibility index (Phi) is 3.67. The molecule has 0 unspecified atom stereocenters. The van der Waals surface area contributed by atoms with Crippen LogP contribution in [-0.2, 0) is 4.74 Å². The fourth-order valence-electron chi connectivity index (χ4n) is 1.27. The van der Waals surface area contributed by atoms with Crippen molar-refractivity contribution in [3.63, 3.8) is 0 Å². The maximum absolute atomic E-state index is 11.5. The van der Waals surface area contributed by atoms with Gasteiger partial charge in [-0.25, -0.2) is 9.59 Å². The molecule has 0 heterocycles. The van der Waals surface area contributed by atoms with Gasteiger partial charge < -0.3 is 15.6 Å². The number of nitriles is 1. The first-order chi connectivity index (χ1) is 8.01. The van der Waals surface area contributed by atoms with Gasteiger partial charge in [-0.1, -0.05) is 0 Å². The summed E-state index contributed by atoms with van der Waals surface area (Å²) >= 11 is 0. The second-order valence-electron chi connectivity index (χ2n) is 3.12. The molecule has 3 N–H and O–H groups in total. The zero-order valence-electron chi connectivity index (χ0n) is 9.06. The number of carbonyl (C=O) groups excluding carboxylic acids is 1. The van der Waals surface area contributed by atoms with Crippen molar-refractivity contribution >= 4 is 17.6 Å². The lowest BCUT2D eigenvalue weighted by Crippen LogP contribution is -2.11. The van der Waals surface area contributed by atoms with Crippen LogP contribution < -0.4 is 5.73 Å². The van der Waals surface area contributed by atoms with Gasteiger partial charge in [0.25, 0.3) is 0 Å². The number of hydrogen-bond donors (Lipinski definition) is 2. The largest absolute Gasteiger partial charge is 0.478 e. The summed E-state index contributed by atoms with van der Waals surface area (Å²) < 4.78 is 4.73. The summed E-state index contributed by atoms with van der Waals surface area (Å²) in [5, 5.41) is 17.6. The van der Waals surface area contributed by atoms with Crippen molar-refractivity contribution in [2.24, 2.45) is 0 Å². The second-order valence-corrected chi connectivity index (χ2v) is 3.12. The highest BCUT2D eigenvalue weighted by atomic mass is 16.5. The molecule has 0 saturated heterocycles. The molecule has 0 fully saturated rings. The fraction of sp³-hybridized carbons (Fsp3) is 0.182. The monoisotopic (exact) mass is 234 g/mol. The van der Waals surface area contributed by atoms with Gasteiger partial charge in [0.2, 0.25) is 0 Å². The molecule has 88 valence electrons. The van der Waals surface area contributed by atoms with Gasteiger partial charge in [-0.3, -0.25) is 0 Å². The average molecular weight is 234 g/mol. The summed E-state index contributed by atoms with van der Waals surface area (Å²) in [5.41, 5.74) is 5.14. The predicted octanol–water partition coefficient (Wildman–Crippen LogP) is 1.02. The summed E-state index contributed by atoms with van der Waals surface area (Å²) in [4.78, 5) is 22.3. The molecule has 1 aromatic rings. The van der Waals surface area contributed by atoms with E-state index in [4.69, 9.17) is 20.8 Å². The van der Waals surface area contributed by atoms with Crippen molar-refractivity contribution in [3.05, 3.63) is 28.8 Å². The third-order valence-electron chi connectivity index (χ3n) is 2.04. The molecule has 0 amide bonds. The van der Waals surface area contributed by atoms with Crippen molar-refractivity contribution in [2.75, 3.05) is 12.3 Å². The molecule has 6 nitrogen and oxygen atoms in total. The number of nitrogens with zero attached hydrogens (tertiary/aromatic N) is 1. The van der Waals surface area contributed by atoms with Crippen LogP contribution in [0, 0.1) is 11.3 Å². The number of hydrogen-bond acceptors (Lipinski definition) is 5. The fourth-order valence-corrected chi connectivity index (χ4v) is 1.27. The molecule has 0 aliphatic heterocycles. The number of nitrogen functional groups attached to an aromatic ring is 1. The van der Waals surface area contributed by atoms with Crippen LogP contribution in [0.5, 0.6) is 0 Å².